The lowest BCUT2D eigenvalue weighted by Crippen LogP contribution is -2.42. The van der Waals surface area contributed by atoms with Gasteiger partial charge in [-0.05, 0) is 39.8 Å². The minimum absolute atomic E-state index is 0.269. The van der Waals surface area contributed by atoms with E-state index in [0.29, 0.717) is 28.4 Å². The van der Waals surface area contributed by atoms with Gasteiger partial charge in [0.2, 0.25) is 0 Å². The van der Waals surface area contributed by atoms with E-state index < -0.39 is 30.3 Å². The number of anilines is 1. The van der Waals surface area contributed by atoms with Crippen molar-refractivity contribution in [1.82, 2.24) is 30.3 Å². The average molecular weight is 488 g/mol. The van der Waals surface area contributed by atoms with Gasteiger partial charge >= 0.3 is 0 Å². The first-order chi connectivity index (χ1) is 16.3. The number of thiophene rings is 1. The molecule has 4 atom stereocenters. The van der Waals surface area contributed by atoms with Crippen LogP contribution < -0.4 is 16.2 Å². The van der Waals surface area contributed by atoms with Gasteiger partial charge in [0.1, 0.15) is 18.5 Å². The second-order valence-electron chi connectivity index (χ2n) is 8.44. The van der Waals surface area contributed by atoms with Crippen LogP contribution in [0.2, 0.25) is 0 Å². The molecule has 3 aromatic heterocycles. The zero-order valence-electron chi connectivity index (χ0n) is 19.1. The SMILES string of the molecule is CCNC(=O)[C@H]1O[C@@H](n2cnc3c(NNC(=O)c4ccc(C)s4)ncnc32)[C@@H]2OC(C)(C)O[C@@H]21. The number of carbonyl (C=O) groups is 2. The molecule has 5 heterocycles. The van der Waals surface area contributed by atoms with Crippen molar-refractivity contribution in [2.45, 2.75) is 58.0 Å². The lowest BCUT2D eigenvalue weighted by Gasteiger charge is -2.24. The number of hydrazine groups is 1. The molecule has 0 unspecified atom stereocenters. The first-order valence-corrected chi connectivity index (χ1v) is 11.7. The summed E-state index contributed by atoms with van der Waals surface area (Å²) in [4.78, 5) is 39.6. The fourth-order valence-electron chi connectivity index (χ4n) is 4.15. The van der Waals surface area contributed by atoms with E-state index in [4.69, 9.17) is 14.2 Å². The summed E-state index contributed by atoms with van der Waals surface area (Å²) < 4.78 is 19.9. The maximum atomic E-state index is 12.6. The molecule has 180 valence electrons. The van der Waals surface area contributed by atoms with E-state index in [1.54, 1.807) is 30.8 Å². The maximum Gasteiger partial charge on any atom is 0.279 e. The quantitative estimate of drug-likeness (QED) is 0.441. The van der Waals surface area contributed by atoms with Gasteiger partial charge in [0.15, 0.2) is 35.1 Å². The Balaban J connectivity index is 1.41. The summed E-state index contributed by atoms with van der Waals surface area (Å²) in [5.74, 6) is -1.10. The molecule has 0 spiro atoms. The summed E-state index contributed by atoms with van der Waals surface area (Å²) in [7, 11) is 0. The molecule has 12 nitrogen and oxygen atoms in total. The smallest absolute Gasteiger partial charge is 0.279 e. The van der Waals surface area contributed by atoms with E-state index in [9.17, 15) is 9.59 Å². The zero-order valence-corrected chi connectivity index (χ0v) is 19.9. The molecule has 3 aromatic rings. The number of aryl methyl sites for hydroxylation is 1. The second-order valence-corrected chi connectivity index (χ2v) is 9.73. The normalized spacial score (nSPS) is 25.3. The van der Waals surface area contributed by atoms with Crippen LogP contribution in [-0.4, -0.2) is 62.0 Å². The molecule has 2 saturated heterocycles. The van der Waals surface area contributed by atoms with Crippen LogP contribution in [-0.2, 0) is 19.0 Å². The van der Waals surface area contributed by atoms with Crippen LogP contribution in [0.1, 0.15) is 41.5 Å². The Kier molecular flexibility index (Phi) is 5.72. The first kappa shape index (κ1) is 22.7. The molecule has 2 fully saturated rings. The summed E-state index contributed by atoms with van der Waals surface area (Å²) in [6, 6.07) is 3.63. The monoisotopic (exact) mass is 487 g/mol. The number of rotatable bonds is 6. The molecule has 2 amide bonds. The number of carbonyl (C=O) groups excluding carboxylic acids is 2. The molecule has 0 aromatic carbocycles. The van der Waals surface area contributed by atoms with E-state index in [2.05, 4.69) is 31.1 Å². The molecule has 5 rings (SSSR count). The van der Waals surface area contributed by atoms with Gasteiger partial charge < -0.3 is 19.5 Å². The van der Waals surface area contributed by atoms with Crippen molar-refractivity contribution in [1.29, 1.82) is 0 Å². The number of fused-ring (bicyclic) bond motifs is 2. The molecule has 3 N–H and O–H groups in total. The third kappa shape index (κ3) is 4.00. The number of nitrogens with one attached hydrogen (secondary N) is 3. The van der Waals surface area contributed by atoms with Crippen molar-refractivity contribution in [2.24, 2.45) is 0 Å². The van der Waals surface area contributed by atoms with E-state index in [0.717, 1.165) is 4.88 Å². The largest absolute Gasteiger partial charge is 0.354 e. The lowest BCUT2D eigenvalue weighted by molar-refractivity contribution is -0.197. The summed E-state index contributed by atoms with van der Waals surface area (Å²) >= 11 is 1.39. The third-order valence-electron chi connectivity index (χ3n) is 5.53. The molecule has 0 saturated carbocycles. The number of ether oxygens (including phenoxy) is 3. The summed E-state index contributed by atoms with van der Waals surface area (Å²) in [6.07, 6.45) is 0.225. The van der Waals surface area contributed by atoms with Gasteiger partial charge in [-0.25, -0.2) is 15.0 Å². The topological polar surface area (TPSA) is 142 Å². The van der Waals surface area contributed by atoms with Crippen LogP contribution in [0.4, 0.5) is 5.82 Å². The minimum atomic E-state index is -0.870. The maximum absolute atomic E-state index is 12.6. The number of nitrogens with zero attached hydrogens (tertiary/aromatic N) is 4. The molecular weight excluding hydrogens is 462 g/mol. The van der Waals surface area contributed by atoms with Crippen LogP contribution >= 0.6 is 11.3 Å². The lowest BCUT2D eigenvalue weighted by atomic mass is 10.1. The minimum Gasteiger partial charge on any atom is -0.354 e. The standard InChI is InChI=1S/C21H25N7O5S/c1-5-22-19(30)14-13-15(33-21(3,4)32-13)20(31-14)28-9-25-12-16(23-8-24-17(12)28)26-27-18(29)11-7-6-10(2)34-11/h6-9,13-15,20H,5H2,1-4H3,(H,22,30)(H,27,29)(H,23,24,26)/t13-,14+,15-,20-/m1/s1. The van der Waals surface area contributed by atoms with Gasteiger partial charge in [-0.2, -0.15) is 0 Å². The van der Waals surface area contributed by atoms with Crippen molar-refractivity contribution in [2.75, 3.05) is 12.0 Å². The molecule has 2 aliphatic heterocycles. The van der Waals surface area contributed by atoms with Crippen LogP contribution in [0.25, 0.3) is 11.2 Å². The first-order valence-electron chi connectivity index (χ1n) is 10.9. The summed E-state index contributed by atoms with van der Waals surface area (Å²) in [5.41, 5.74) is 6.33. The molecular formula is C21H25N7O5S. The molecule has 13 heteroatoms. The van der Waals surface area contributed by atoms with Crippen molar-refractivity contribution >= 4 is 40.1 Å². The Morgan fingerprint density at radius 2 is 1.97 bits per heavy atom. The van der Waals surface area contributed by atoms with Crippen molar-refractivity contribution < 1.29 is 23.8 Å². The van der Waals surface area contributed by atoms with E-state index in [-0.39, 0.29) is 11.8 Å². The van der Waals surface area contributed by atoms with Gasteiger partial charge in [0.05, 0.1) is 11.2 Å². The zero-order chi connectivity index (χ0) is 24.0. The Morgan fingerprint density at radius 3 is 2.71 bits per heavy atom. The molecule has 0 aliphatic carbocycles. The van der Waals surface area contributed by atoms with Gasteiger partial charge in [-0.3, -0.25) is 25.0 Å². The van der Waals surface area contributed by atoms with Crippen molar-refractivity contribution in [3.05, 3.63) is 34.5 Å². The van der Waals surface area contributed by atoms with Crippen LogP contribution in [0.5, 0.6) is 0 Å². The van der Waals surface area contributed by atoms with Gasteiger partial charge in [0.25, 0.3) is 11.8 Å². The van der Waals surface area contributed by atoms with Gasteiger partial charge in [-0.1, -0.05) is 0 Å². The Bertz CT molecular complexity index is 1240. The fourth-order valence-corrected chi connectivity index (χ4v) is 4.91. The molecule has 2 aliphatic rings. The Labute approximate surface area is 199 Å². The van der Waals surface area contributed by atoms with Crippen LogP contribution in [0.15, 0.2) is 24.8 Å². The third-order valence-corrected chi connectivity index (χ3v) is 6.53. The predicted molar refractivity (Wildman–Crippen MR) is 122 cm³/mol. The number of hydrogen-bond acceptors (Lipinski definition) is 10. The van der Waals surface area contributed by atoms with Crippen molar-refractivity contribution in [3.63, 3.8) is 0 Å². The van der Waals surface area contributed by atoms with Crippen LogP contribution in [0.3, 0.4) is 0 Å². The van der Waals surface area contributed by atoms with Crippen LogP contribution in [0, 0.1) is 6.92 Å². The number of likely N-dealkylation sites (N-methyl/N-ethyl adjacent to an activating group) is 1. The van der Waals surface area contributed by atoms with Gasteiger partial charge in [-0.15, -0.1) is 11.3 Å². The Hall–Kier alpha value is -3.13. The summed E-state index contributed by atoms with van der Waals surface area (Å²) in [6.45, 7) is 7.83. The highest BCUT2D eigenvalue weighted by atomic mass is 32.1. The molecule has 0 radical (unpaired) electrons. The van der Waals surface area contributed by atoms with E-state index in [1.165, 1.54) is 17.7 Å². The van der Waals surface area contributed by atoms with Crippen molar-refractivity contribution in [3.8, 4) is 0 Å². The number of hydrogen-bond donors (Lipinski definition) is 3. The van der Waals surface area contributed by atoms with Gasteiger partial charge in [0, 0.05) is 11.4 Å². The number of aromatic nitrogens is 4. The molecule has 34 heavy (non-hydrogen) atoms. The predicted octanol–water partition coefficient (Wildman–Crippen LogP) is 1.51. The second kappa shape index (κ2) is 8.58. The number of imidazole rings is 1. The average Bonchev–Trinajstić information content (AvgIpc) is 3.54. The highest BCUT2D eigenvalue weighted by molar-refractivity contribution is 7.13. The molecule has 0 bridgehead atoms. The number of amides is 2. The highest BCUT2D eigenvalue weighted by Gasteiger charge is 2.58. The van der Waals surface area contributed by atoms with E-state index >= 15 is 0 Å². The Morgan fingerprint density at radius 1 is 1.18 bits per heavy atom. The summed E-state index contributed by atoms with van der Waals surface area (Å²) in [5, 5.41) is 2.78. The highest BCUT2D eigenvalue weighted by Crippen LogP contribution is 2.43. The fraction of sp³-hybridized carbons (Fsp3) is 0.476. The van der Waals surface area contributed by atoms with E-state index in [1.807, 2.05) is 19.9 Å².